The minimum absolute atomic E-state index is 0.340. The molecule has 2 N–H and O–H groups in total. The Bertz CT molecular complexity index is 621. The lowest BCUT2D eigenvalue weighted by molar-refractivity contribution is -0.144. The quantitative estimate of drug-likeness (QED) is 0.798. The highest BCUT2D eigenvalue weighted by Gasteiger charge is 2.39. The lowest BCUT2D eigenvalue weighted by Crippen LogP contribution is -2.49. The SMILES string of the molecule is CNC(CSc1ccccc1Cl)(C(=O)O)c1ccccc1. The fourth-order valence-electron chi connectivity index (χ4n) is 2.06. The number of benzene rings is 2. The van der Waals surface area contributed by atoms with Gasteiger partial charge in [-0.15, -0.1) is 11.8 Å². The van der Waals surface area contributed by atoms with E-state index >= 15 is 0 Å². The van der Waals surface area contributed by atoms with E-state index in [0.717, 1.165) is 10.5 Å². The molecule has 0 spiro atoms. The molecule has 0 aliphatic heterocycles. The van der Waals surface area contributed by atoms with Gasteiger partial charge in [0.05, 0.1) is 5.02 Å². The van der Waals surface area contributed by atoms with Crippen LogP contribution in [0.1, 0.15) is 5.56 Å². The first kappa shape index (κ1) is 15.9. The van der Waals surface area contributed by atoms with Crippen molar-refractivity contribution in [2.75, 3.05) is 12.8 Å². The van der Waals surface area contributed by atoms with E-state index in [1.807, 2.05) is 48.5 Å². The third kappa shape index (κ3) is 3.40. The molecule has 0 saturated carbocycles. The molecule has 2 aromatic rings. The van der Waals surface area contributed by atoms with Crippen LogP contribution in [0, 0.1) is 0 Å². The highest BCUT2D eigenvalue weighted by molar-refractivity contribution is 7.99. The minimum Gasteiger partial charge on any atom is -0.480 e. The van der Waals surface area contributed by atoms with Crippen molar-refractivity contribution in [2.45, 2.75) is 10.4 Å². The predicted molar refractivity (Wildman–Crippen MR) is 87.0 cm³/mol. The largest absolute Gasteiger partial charge is 0.480 e. The zero-order valence-corrected chi connectivity index (χ0v) is 13.1. The topological polar surface area (TPSA) is 49.3 Å². The van der Waals surface area contributed by atoms with Crippen LogP contribution in [0.5, 0.6) is 0 Å². The van der Waals surface area contributed by atoms with Gasteiger partial charge in [-0.2, -0.15) is 0 Å². The van der Waals surface area contributed by atoms with Gasteiger partial charge in [-0.1, -0.05) is 54.1 Å². The maximum absolute atomic E-state index is 11.9. The number of nitrogens with one attached hydrogen (secondary N) is 1. The van der Waals surface area contributed by atoms with Crippen molar-refractivity contribution >= 4 is 29.3 Å². The van der Waals surface area contributed by atoms with E-state index in [9.17, 15) is 9.90 Å². The number of carboxylic acids is 1. The molecule has 2 rings (SSSR count). The molecule has 0 aliphatic rings. The molecular weight excluding hydrogens is 306 g/mol. The number of carboxylic acid groups (broad SMARTS) is 1. The number of likely N-dealkylation sites (N-methyl/N-ethyl adjacent to an activating group) is 1. The van der Waals surface area contributed by atoms with Crippen molar-refractivity contribution in [1.29, 1.82) is 0 Å². The lowest BCUT2D eigenvalue weighted by atomic mass is 9.92. The highest BCUT2D eigenvalue weighted by atomic mass is 35.5. The minimum atomic E-state index is -1.15. The number of carbonyl (C=O) groups is 1. The Balaban J connectivity index is 2.30. The summed E-state index contributed by atoms with van der Waals surface area (Å²) < 4.78 is 0. The maximum atomic E-state index is 11.9. The van der Waals surface area contributed by atoms with Crippen molar-refractivity contribution in [3.8, 4) is 0 Å². The van der Waals surface area contributed by atoms with E-state index in [1.54, 1.807) is 13.1 Å². The van der Waals surface area contributed by atoms with Crippen molar-refractivity contribution in [2.24, 2.45) is 0 Å². The fourth-order valence-corrected chi connectivity index (χ4v) is 3.55. The van der Waals surface area contributed by atoms with Gasteiger partial charge in [0.2, 0.25) is 0 Å². The first-order chi connectivity index (χ1) is 10.1. The number of rotatable bonds is 6. The molecule has 0 fully saturated rings. The number of hydrogen-bond acceptors (Lipinski definition) is 3. The molecule has 2 aromatic carbocycles. The molecule has 5 heteroatoms. The Hall–Kier alpha value is -1.49. The van der Waals surface area contributed by atoms with Crippen LogP contribution in [0.25, 0.3) is 0 Å². The third-order valence-corrected chi connectivity index (χ3v) is 5.03. The zero-order chi connectivity index (χ0) is 15.3. The van der Waals surface area contributed by atoms with Crippen LogP contribution in [-0.4, -0.2) is 23.9 Å². The normalized spacial score (nSPS) is 13.6. The highest BCUT2D eigenvalue weighted by Crippen LogP contribution is 2.33. The molecule has 21 heavy (non-hydrogen) atoms. The summed E-state index contributed by atoms with van der Waals surface area (Å²) in [5.41, 5.74) is -0.426. The molecule has 0 radical (unpaired) electrons. The van der Waals surface area contributed by atoms with Gasteiger partial charge in [0.15, 0.2) is 5.54 Å². The molecule has 0 heterocycles. The van der Waals surface area contributed by atoms with Gasteiger partial charge < -0.3 is 10.4 Å². The summed E-state index contributed by atoms with van der Waals surface area (Å²) in [4.78, 5) is 12.7. The maximum Gasteiger partial charge on any atom is 0.329 e. The third-order valence-electron chi connectivity index (χ3n) is 3.34. The van der Waals surface area contributed by atoms with Crippen molar-refractivity contribution in [3.63, 3.8) is 0 Å². The summed E-state index contributed by atoms with van der Waals surface area (Å²) in [6.45, 7) is 0. The standard InChI is InChI=1S/C16H16ClNO2S/c1-18-16(15(19)20,12-7-3-2-4-8-12)11-21-14-10-6-5-9-13(14)17/h2-10,18H,11H2,1H3,(H,19,20). The zero-order valence-electron chi connectivity index (χ0n) is 11.5. The molecule has 0 amide bonds. The van der Waals surface area contributed by atoms with Crippen LogP contribution in [0.3, 0.4) is 0 Å². The average Bonchev–Trinajstić information content (AvgIpc) is 2.51. The van der Waals surface area contributed by atoms with Crippen LogP contribution in [0.2, 0.25) is 5.02 Å². The lowest BCUT2D eigenvalue weighted by Gasteiger charge is -2.29. The first-order valence-electron chi connectivity index (χ1n) is 6.45. The Morgan fingerprint density at radius 2 is 1.81 bits per heavy atom. The monoisotopic (exact) mass is 321 g/mol. The molecule has 1 unspecified atom stereocenters. The summed E-state index contributed by atoms with van der Waals surface area (Å²) in [5.74, 6) is -0.567. The summed E-state index contributed by atoms with van der Waals surface area (Å²) in [6.07, 6.45) is 0. The van der Waals surface area contributed by atoms with E-state index in [2.05, 4.69) is 5.32 Å². The summed E-state index contributed by atoms with van der Waals surface area (Å²) in [5, 5.41) is 13.3. The van der Waals surface area contributed by atoms with Crippen molar-refractivity contribution < 1.29 is 9.90 Å². The molecule has 0 bridgehead atoms. The Morgan fingerprint density at radius 1 is 1.19 bits per heavy atom. The van der Waals surface area contributed by atoms with Gasteiger partial charge >= 0.3 is 5.97 Å². The Labute approximate surface area is 133 Å². The van der Waals surface area contributed by atoms with Gasteiger partial charge in [-0.25, -0.2) is 4.79 Å². The smallest absolute Gasteiger partial charge is 0.329 e. The number of thioether (sulfide) groups is 1. The summed E-state index contributed by atoms with van der Waals surface area (Å²) in [6, 6.07) is 16.6. The van der Waals surface area contributed by atoms with Crippen LogP contribution in [0.15, 0.2) is 59.5 Å². The Morgan fingerprint density at radius 3 is 2.38 bits per heavy atom. The fraction of sp³-hybridized carbons (Fsp3) is 0.188. The van der Waals surface area contributed by atoms with Crippen LogP contribution in [-0.2, 0) is 10.3 Å². The Kier molecular flexibility index (Phi) is 5.28. The molecule has 0 aliphatic carbocycles. The van der Waals surface area contributed by atoms with E-state index in [0.29, 0.717) is 10.8 Å². The molecule has 3 nitrogen and oxygen atoms in total. The molecule has 110 valence electrons. The van der Waals surface area contributed by atoms with Crippen LogP contribution < -0.4 is 5.32 Å². The molecule has 0 aromatic heterocycles. The van der Waals surface area contributed by atoms with Crippen molar-refractivity contribution in [3.05, 3.63) is 65.2 Å². The summed E-state index contributed by atoms with van der Waals surface area (Å²) in [7, 11) is 1.66. The predicted octanol–water partition coefficient (Wildman–Crippen LogP) is 3.63. The van der Waals surface area contributed by atoms with Gasteiger partial charge in [-0.05, 0) is 24.7 Å². The molecule has 1 atom stereocenters. The van der Waals surface area contributed by atoms with Gasteiger partial charge in [0, 0.05) is 10.6 Å². The van der Waals surface area contributed by atoms with E-state index in [4.69, 9.17) is 11.6 Å². The number of halogens is 1. The van der Waals surface area contributed by atoms with Gasteiger partial charge in [0.1, 0.15) is 0 Å². The molecular formula is C16H16ClNO2S. The van der Waals surface area contributed by atoms with Crippen LogP contribution >= 0.6 is 23.4 Å². The van der Waals surface area contributed by atoms with Crippen molar-refractivity contribution in [1.82, 2.24) is 5.32 Å². The van der Waals surface area contributed by atoms with Crippen LogP contribution in [0.4, 0.5) is 0 Å². The second kappa shape index (κ2) is 6.98. The van der Waals surface area contributed by atoms with E-state index in [-0.39, 0.29) is 0 Å². The average molecular weight is 322 g/mol. The summed E-state index contributed by atoms with van der Waals surface area (Å²) >= 11 is 7.56. The van der Waals surface area contributed by atoms with Gasteiger partial charge in [0.25, 0.3) is 0 Å². The van der Waals surface area contributed by atoms with Gasteiger partial charge in [-0.3, -0.25) is 0 Å². The van der Waals surface area contributed by atoms with E-state index < -0.39 is 11.5 Å². The first-order valence-corrected chi connectivity index (χ1v) is 7.81. The second-order valence-corrected chi connectivity index (χ2v) is 5.97. The number of aliphatic carboxylic acids is 1. The molecule has 0 saturated heterocycles. The second-order valence-electron chi connectivity index (χ2n) is 4.55. The van der Waals surface area contributed by atoms with E-state index in [1.165, 1.54) is 11.8 Å². The number of hydrogen-bond donors (Lipinski definition) is 2.